The largest absolute Gasteiger partial charge is 0.417 e. The van der Waals surface area contributed by atoms with Crippen LogP contribution in [0.15, 0.2) is 30.5 Å². The molecular formula is C16H15F3N2O3S. The number of carbonyl (C=O) groups excluding carboxylic acids is 1. The molecule has 1 aliphatic rings. The normalized spacial score (nSPS) is 19.9. The van der Waals surface area contributed by atoms with E-state index in [-0.39, 0.29) is 28.8 Å². The van der Waals surface area contributed by atoms with E-state index in [0.29, 0.717) is 0 Å². The molecule has 9 heteroatoms. The van der Waals surface area contributed by atoms with Gasteiger partial charge in [0.25, 0.3) is 5.91 Å². The van der Waals surface area contributed by atoms with Crippen molar-refractivity contribution in [1.82, 2.24) is 9.88 Å². The zero-order chi connectivity index (χ0) is 18.4. The van der Waals surface area contributed by atoms with Gasteiger partial charge in [0.05, 0.1) is 28.1 Å². The van der Waals surface area contributed by atoms with E-state index in [4.69, 9.17) is 0 Å². The van der Waals surface area contributed by atoms with E-state index in [0.717, 1.165) is 11.1 Å². The number of hydrogen-bond acceptors (Lipinski definition) is 4. The molecule has 0 radical (unpaired) electrons. The summed E-state index contributed by atoms with van der Waals surface area (Å²) in [6.07, 6.45) is -3.61. The van der Waals surface area contributed by atoms with Crippen molar-refractivity contribution in [2.24, 2.45) is 0 Å². The molecule has 0 saturated carbocycles. The smallest absolute Gasteiger partial charge is 0.338 e. The second-order valence-corrected chi connectivity index (χ2v) is 8.26. The fourth-order valence-electron chi connectivity index (χ4n) is 3.05. The van der Waals surface area contributed by atoms with Crippen LogP contribution < -0.4 is 0 Å². The molecule has 1 aromatic heterocycles. The summed E-state index contributed by atoms with van der Waals surface area (Å²) in [4.78, 5) is 17.7. The first-order valence-corrected chi connectivity index (χ1v) is 9.35. The van der Waals surface area contributed by atoms with Crippen molar-refractivity contribution in [3.63, 3.8) is 0 Å². The summed E-state index contributed by atoms with van der Waals surface area (Å²) in [5.41, 5.74) is -1.48. The Hall–Kier alpha value is -2.16. The zero-order valence-electron chi connectivity index (χ0n) is 13.2. The number of para-hydroxylation sites is 1. The van der Waals surface area contributed by atoms with Crippen LogP contribution in [0, 0.1) is 0 Å². The molecule has 2 heterocycles. The lowest BCUT2D eigenvalue weighted by molar-refractivity contribution is -0.136. The monoisotopic (exact) mass is 372 g/mol. The van der Waals surface area contributed by atoms with Gasteiger partial charge >= 0.3 is 6.18 Å². The topological polar surface area (TPSA) is 67.3 Å². The Kier molecular flexibility index (Phi) is 4.22. The molecule has 1 fully saturated rings. The lowest BCUT2D eigenvalue weighted by Crippen LogP contribution is -2.38. The number of fused-ring (bicyclic) bond motifs is 1. The van der Waals surface area contributed by atoms with Crippen LogP contribution in [0.1, 0.15) is 22.3 Å². The highest BCUT2D eigenvalue weighted by Gasteiger charge is 2.40. The number of amides is 1. The second kappa shape index (κ2) is 5.98. The van der Waals surface area contributed by atoms with Gasteiger partial charge in [0.1, 0.15) is 0 Å². The number of rotatable bonds is 2. The Labute approximate surface area is 142 Å². The minimum absolute atomic E-state index is 0.0720. The number of hydrogen-bond donors (Lipinski definition) is 0. The molecule has 2 aromatic rings. The van der Waals surface area contributed by atoms with Gasteiger partial charge in [0.2, 0.25) is 0 Å². The van der Waals surface area contributed by atoms with Gasteiger partial charge in [0, 0.05) is 24.7 Å². The SMILES string of the molecule is CN(C(=O)c1cnc2ccccc2c1C(F)(F)F)C1CCS(=O)(=O)C1. The summed E-state index contributed by atoms with van der Waals surface area (Å²) in [5.74, 6) is -1.19. The number of pyridine rings is 1. The highest BCUT2D eigenvalue weighted by atomic mass is 32.2. The van der Waals surface area contributed by atoms with E-state index in [1.807, 2.05) is 0 Å². The first-order valence-electron chi connectivity index (χ1n) is 7.53. The lowest BCUT2D eigenvalue weighted by atomic mass is 10.0. The van der Waals surface area contributed by atoms with Crippen molar-refractivity contribution >= 4 is 26.6 Å². The summed E-state index contributed by atoms with van der Waals surface area (Å²) in [5, 5.41) is -0.159. The summed E-state index contributed by atoms with van der Waals surface area (Å²) in [6, 6.07) is 5.08. The Morgan fingerprint density at radius 2 is 1.96 bits per heavy atom. The standard InChI is InChI=1S/C16H15F3N2O3S/c1-21(10-6-7-25(23,24)9-10)15(22)12-8-20-13-5-3-2-4-11(13)14(12)16(17,18)19/h2-5,8,10H,6-7,9H2,1H3. The van der Waals surface area contributed by atoms with Gasteiger partial charge < -0.3 is 4.90 Å². The van der Waals surface area contributed by atoms with Gasteiger partial charge in [-0.05, 0) is 12.5 Å². The van der Waals surface area contributed by atoms with Gasteiger partial charge in [-0.15, -0.1) is 0 Å². The van der Waals surface area contributed by atoms with Crippen LogP contribution in [0.4, 0.5) is 13.2 Å². The van der Waals surface area contributed by atoms with Crippen LogP contribution in [0.5, 0.6) is 0 Å². The highest BCUT2D eigenvalue weighted by molar-refractivity contribution is 7.91. The van der Waals surface area contributed by atoms with Crippen molar-refractivity contribution in [3.8, 4) is 0 Å². The van der Waals surface area contributed by atoms with Crippen molar-refractivity contribution in [2.75, 3.05) is 18.6 Å². The first kappa shape index (κ1) is 17.7. The summed E-state index contributed by atoms with van der Waals surface area (Å²) in [7, 11) is -1.94. The average Bonchev–Trinajstić information content (AvgIpc) is 2.91. The van der Waals surface area contributed by atoms with Crippen molar-refractivity contribution < 1.29 is 26.4 Å². The number of carbonyl (C=O) groups is 1. The van der Waals surface area contributed by atoms with Gasteiger partial charge in [-0.3, -0.25) is 9.78 Å². The third-order valence-corrected chi connectivity index (χ3v) is 6.12. The molecule has 1 atom stereocenters. The zero-order valence-corrected chi connectivity index (χ0v) is 14.1. The van der Waals surface area contributed by atoms with Gasteiger partial charge in [-0.2, -0.15) is 13.2 Å². The molecule has 0 spiro atoms. The first-order chi connectivity index (χ1) is 11.6. The molecule has 0 N–H and O–H groups in total. The van der Waals surface area contributed by atoms with Crippen LogP contribution in [0.25, 0.3) is 10.9 Å². The summed E-state index contributed by atoms with van der Waals surface area (Å²) >= 11 is 0. The maximum absolute atomic E-state index is 13.6. The Morgan fingerprint density at radius 1 is 1.28 bits per heavy atom. The molecule has 0 aliphatic carbocycles. The number of sulfone groups is 1. The molecule has 0 bridgehead atoms. The van der Waals surface area contributed by atoms with Crippen LogP contribution in [-0.4, -0.2) is 48.8 Å². The number of benzene rings is 1. The average molecular weight is 372 g/mol. The molecular weight excluding hydrogens is 357 g/mol. The van der Waals surface area contributed by atoms with Crippen molar-refractivity contribution in [3.05, 3.63) is 41.6 Å². The maximum Gasteiger partial charge on any atom is 0.417 e. The van der Waals surface area contributed by atoms with Crippen molar-refractivity contribution in [2.45, 2.75) is 18.6 Å². The van der Waals surface area contributed by atoms with E-state index >= 15 is 0 Å². The Bertz CT molecular complexity index is 941. The molecule has 1 amide bonds. The lowest BCUT2D eigenvalue weighted by Gasteiger charge is -2.25. The van der Waals surface area contributed by atoms with Gasteiger partial charge in [-0.25, -0.2) is 8.42 Å². The van der Waals surface area contributed by atoms with Crippen LogP contribution in [0.3, 0.4) is 0 Å². The van der Waals surface area contributed by atoms with E-state index in [1.54, 1.807) is 6.07 Å². The predicted molar refractivity (Wildman–Crippen MR) is 85.9 cm³/mol. The second-order valence-electron chi connectivity index (χ2n) is 6.03. The minimum Gasteiger partial charge on any atom is -0.338 e. The van der Waals surface area contributed by atoms with E-state index in [9.17, 15) is 26.4 Å². The quantitative estimate of drug-likeness (QED) is 0.812. The van der Waals surface area contributed by atoms with Crippen molar-refractivity contribution in [1.29, 1.82) is 0 Å². The molecule has 5 nitrogen and oxygen atoms in total. The molecule has 134 valence electrons. The van der Waals surface area contributed by atoms with Crippen LogP contribution in [-0.2, 0) is 16.0 Å². The number of nitrogens with zero attached hydrogens (tertiary/aromatic N) is 2. The molecule has 1 unspecified atom stereocenters. The van der Waals surface area contributed by atoms with Gasteiger partial charge in [0.15, 0.2) is 9.84 Å². The number of halogens is 3. The molecule has 25 heavy (non-hydrogen) atoms. The van der Waals surface area contributed by atoms with Gasteiger partial charge in [-0.1, -0.05) is 18.2 Å². The number of aromatic nitrogens is 1. The van der Waals surface area contributed by atoms with E-state index in [2.05, 4.69) is 4.98 Å². The maximum atomic E-state index is 13.6. The molecule has 1 saturated heterocycles. The highest BCUT2D eigenvalue weighted by Crippen LogP contribution is 2.37. The van der Waals surface area contributed by atoms with E-state index < -0.39 is 39.1 Å². The van der Waals surface area contributed by atoms with E-state index in [1.165, 1.54) is 25.2 Å². The predicted octanol–water partition coefficient (Wildman–Crippen LogP) is 2.51. The molecule has 3 rings (SSSR count). The minimum atomic E-state index is -4.74. The fraction of sp³-hybridized carbons (Fsp3) is 0.375. The summed E-state index contributed by atoms with van der Waals surface area (Å²) < 4.78 is 64.0. The summed E-state index contributed by atoms with van der Waals surface area (Å²) in [6.45, 7) is 0. The molecule has 1 aliphatic heterocycles. The third kappa shape index (κ3) is 3.33. The number of alkyl halides is 3. The molecule has 1 aromatic carbocycles. The van der Waals surface area contributed by atoms with Crippen LogP contribution in [0.2, 0.25) is 0 Å². The third-order valence-electron chi connectivity index (χ3n) is 4.37. The Morgan fingerprint density at radius 3 is 2.56 bits per heavy atom. The van der Waals surface area contributed by atoms with Crippen LogP contribution >= 0.6 is 0 Å². The fourth-order valence-corrected chi connectivity index (χ4v) is 4.82. The Balaban J connectivity index is 2.07.